The van der Waals surface area contributed by atoms with Crippen molar-refractivity contribution in [1.82, 2.24) is 5.32 Å². The average Bonchev–Trinajstić information content (AvgIpc) is 2.59. The van der Waals surface area contributed by atoms with Gasteiger partial charge in [-0.2, -0.15) is 0 Å². The van der Waals surface area contributed by atoms with E-state index in [-0.39, 0.29) is 12.6 Å². The van der Waals surface area contributed by atoms with E-state index >= 15 is 0 Å². The summed E-state index contributed by atoms with van der Waals surface area (Å²) in [6.07, 6.45) is 2.28. The lowest BCUT2D eigenvalue weighted by Crippen LogP contribution is -2.37. The maximum absolute atomic E-state index is 10.4. The number of hydrogen-bond donors (Lipinski definition) is 3. The van der Waals surface area contributed by atoms with Crippen LogP contribution in [0.1, 0.15) is 33.6 Å². The second-order valence-corrected chi connectivity index (χ2v) is 5.37. The molecule has 3 N–H and O–H groups in total. The highest BCUT2D eigenvalue weighted by molar-refractivity contribution is 5.64. The van der Waals surface area contributed by atoms with Crippen LogP contribution in [0.15, 0.2) is 12.1 Å². The summed E-state index contributed by atoms with van der Waals surface area (Å²) in [7, 11) is 0. The monoisotopic (exact) mass is 374 g/mol. The topological polar surface area (TPSA) is 182 Å². The fourth-order valence-corrected chi connectivity index (χ4v) is 1.95. The lowest BCUT2D eigenvalue weighted by atomic mass is 10.1. The number of nitrogens with one attached hydrogen (secondary N) is 1. The van der Waals surface area contributed by atoms with Gasteiger partial charge in [-0.3, -0.25) is 30.3 Å². The Balaban J connectivity index is 0.000000541. The number of nitro benzene ring substituents is 3. The number of nitro groups is 3. The van der Waals surface area contributed by atoms with E-state index in [9.17, 15) is 30.3 Å². The number of aromatic hydroxyl groups is 1. The van der Waals surface area contributed by atoms with Gasteiger partial charge in [0.05, 0.1) is 33.5 Å². The molecule has 0 radical (unpaired) electrons. The predicted octanol–water partition coefficient (Wildman–Crippen LogP) is 2.26. The van der Waals surface area contributed by atoms with Gasteiger partial charge in [-0.15, -0.1) is 0 Å². The highest BCUT2D eigenvalue weighted by Crippen LogP contribution is 2.38. The van der Waals surface area contributed by atoms with Gasteiger partial charge < -0.3 is 15.5 Å². The molecule has 0 aliphatic carbocycles. The van der Waals surface area contributed by atoms with Gasteiger partial charge in [-0.1, -0.05) is 13.8 Å². The van der Waals surface area contributed by atoms with Crippen LogP contribution in [-0.4, -0.2) is 43.7 Å². The van der Waals surface area contributed by atoms with Crippen molar-refractivity contribution in [3.63, 3.8) is 0 Å². The molecule has 26 heavy (non-hydrogen) atoms. The van der Waals surface area contributed by atoms with Crippen LogP contribution >= 0.6 is 0 Å². The molecule has 0 fully saturated rings. The van der Waals surface area contributed by atoms with E-state index in [1.807, 2.05) is 6.92 Å². The fraction of sp³-hybridized carbons (Fsp3) is 0.571. The summed E-state index contributed by atoms with van der Waals surface area (Å²) in [5.74, 6) is -1.21. The van der Waals surface area contributed by atoms with E-state index < -0.39 is 37.6 Å². The largest absolute Gasteiger partial charge is 0.497 e. The van der Waals surface area contributed by atoms with Crippen LogP contribution in [0.2, 0.25) is 0 Å². The van der Waals surface area contributed by atoms with E-state index in [1.54, 1.807) is 0 Å². The Morgan fingerprint density at radius 2 is 1.42 bits per heavy atom. The van der Waals surface area contributed by atoms with Crippen molar-refractivity contribution in [2.24, 2.45) is 0 Å². The number of aliphatic hydroxyl groups excluding tert-OH is 1. The van der Waals surface area contributed by atoms with Gasteiger partial charge in [0.25, 0.3) is 11.4 Å². The van der Waals surface area contributed by atoms with Crippen LogP contribution in [0.3, 0.4) is 0 Å². The lowest BCUT2D eigenvalue weighted by molar-refractivity contribution is -0.404. The molecule has 0 aliphatic heterocycles. The van der Waals surface area contributed by atoms with Gasteiger partial charge in [-0.25, -0.2) is 0 Å². The van der Waals surface area contributed by atoms with Crippen molar-refractivity contribution in [3.05, 3.63) is 42.5 Å². The standard InChI is InChI=1S/C8H19NO.C6H3N3O7/c1-4-8(5-2)9-7(3)6-10;10-6-4(8(13)14)1-3(7(11)12)2-5(6)9(15)16/h7-10H,4-6H2,1-3H3;1-2,10H. The van der Waals surface area contributed by atoms with E-state index in [2.05, 4.69) is 19.2 Å². The predicted molar refractivity (Wildman–Crippen MR) is 92.1 cm³/mol. The minimum Gasteiger partial charge on any atom is -0.497 e. The van der Waals surface area contributed by atoms with Crippen LogP contribution in [0.4, 0.5) is 17.1 Å². The molecular formula is C14H22N4O8. The summed E-state index contributed by atoms with van der Waals surface area (Å²) in [6, 6.07) is 1.71. The summed E-state index contributed by atoms with van der Waals surface area (Å²) >= 11 is 0. The molecule has 0 saturated heterocycles. The zero-order valence-electron chi connectivity index (χ0n) is 14.6. The van der Waals surface area contributed by atoms with Crippen molar-refractivity contribution >= 4 is 17.1 Å². The molecule has 0 spiro atoms. The fourth-order valence-electron chi connectivity index (χ4n) is 1.95. The number of phenolic OH excluding ortho intramolecular Hbond substituents is 1. The van der Waals surface area contributed by atoms with Crippen molar-refractivity contribution < 1.29 is 25.0 Å². The van der Waals surface area contributed by atoms with Crippen LogP contribution in [-0.2, 0) is 0 Å². The highest BCUT2D eigenvalue weighted by atomic mass is 16.6. The Morgan fingerprint density at radius 1 is 1.00 bits per heavy atom. The molecule has 12 heteroatoms. The molecule has 146 valence electrons. The number of hydrogen-bond acceptors (Lipinski definition) is 9. The van der Waals surface area contributed by atoms with Gasteiger partial charge in [0.15, 0.2) is 0 Å². The number of benzene rings is 1. The Labute approximate surface area is 148 Å². The molecule has 0 heterocycles. The zero-order chi connectivity index (χ0) is 20.4. The van der Waals surface area contributed by atoms with E-state index in [0.29, 0.717) is 18.2 Å². The second-order valence-electron chi connectivity index (χ2n) is 5.37. The minimum absolute atomic E-state index is 0.233. The molecule has 0 amide bonds. The first-order chi connectivity index (χ1) is 12.1. The maximum Gasteiger partial charge on any atom is 0.324 e. The number of rotatable bonds is 8. The summed E-state index contributed by atoms with van der Waals surface area (Å²) in [5.41, 5.74) is -3.00. The third-order valence-corrected chi connectivity index (χ3v) is 3.44. The summed E-state index contributed by atoms with van der Waals surface area (Å²) in [6.45, 7) is 6.55. The number of nitrogens with zero attached hydrogens (tertiary/aromatic N) is 3. The van der Waals surface area contributed by atoms with Crippen LogP contribution in [0.5, 0.6) is 5.75 Å². The van der Waals surface area contributed by atoms with E-state index in [1.165, 1.54) is 0 Å². The first-order valence-corrected chi connectivity index (χ1v) is 7.75. The molecule has 0 bridgehead atoms. The normalized spacial score (nSPS) is 11.4. The molecule has 1 rings (SSSR count). The zero-order valence-corrected chi connectivity index (χ0v) is 14.6. The van der Waals surface area contributed by atoms with Gasteiger partial charge in [0.1, 0.15) is 0 Å². The van der Waals surface area contributed by atoms with Crippen LogP contribution in [0, 0.1) is 30.3 Å². The first-order valence-electron chi connectivity index (χ1n) is 7.75. The summed E-state index contributed by atoms with van der Waals surface area (Å²) in [4.78, 5) is 27.8. The molecule has 0 aliphatic rings. The number of aliphatic hydroxyl groups is 1. The highest BCUT2D eigenvalue weighted by Gasteiger charge is 2.30. The Hall–Kier alpha value is -2.86. The van der Waals surface area contributed by atoms with Crippen molar-refractivity contribution in [2.75, 3.05) is 6.61 Å². The molecule has 1 atom stereocenters. The SMILES string of the molecule is CCC(CC)NC(C)CO.O=[N+]([O-])c1cc([N+](=O)[O-])c(O)c([N+](=O)[O-])c1. The molecule has 0 aromatic heterocycles. The van der Waals surface area contributed by atoms with Gasteiger partial charge in [-0.05, 0) is 19.8 Å². The smallest absolute Gasteiger partial charge is 0.324 e. The quantitative estimate of drug-likeness (QED) is 0.454. The first kappa shape index (κ1) is 23.1. The van der Waals surface area contributed by atoms with Crippen molar-refractivity contribution in [3.8, 4) is 5.75 Å². The molecule has 1 unspecified atom stereocenters. The molecule has 0 saturated carbocycles. The van der Waals surface area contributed by atoms with E-state index in [4.69, 9.17) is 10.2 Å². The maximum atomic E-state index is 10.4. The molecule has 1 aromatic rings. The van der Waals surface area contributed by atoms with Gasteiger partial charge in [0.2, 0.25) is 0 Å². The van der Waals surface area contributed by atoms with Gasteiger partial charge in [0, 0.05) is 12.1 Å². The lowest BCUT2D eigenvalue weighted by Gasteiger charge is -2.18. The molecule has 1 aromatic carbocycles. The second kappa shape index (κ2) is 10.9. The molecule has 12 nitrogen and oxygen atoms in total. The third kappa shape index (κ3) is 6.94. The number of non-ortho nitro benzene ring substituents is 1. The average molecular weight is 374 g/mol. The Bertz CT molecular complexity index is 613. The third-order valence-electron chi connectivity index (χ3n) is 3.44. The summed E-state index contributed by atoms with van der Waals surface area (Å²) < 4.78 is 0. The van der Waals surface area contributed by atoms with Crippen molar-refractivity contribution in [1.29, 1.82) is 0 Å². The van der Waals surface area contributed by atoms with E-state index in [0.717, 1.165) is 12.8 Å². The Kier molecular flexibility index (Phi) is 9.69. The van der Waals surface area contributed by atoms with Crippen LogP contribution < -0.4 is 5.32 Å². The Morgan fingerprint density at radius 3 is 1.69 bits per heavy atom. The minimum atomic E-state index is -1.21. The summed E-state index contributed by atoms with van der Waals surface area (Å²) in [5, 5.41) is 52.2. The van der Waals surface area contributed by atoms with Crippen molar-refractivity contribution in [2.45, 2.75) is 45.7 Å². The molecular weight excluding hydrogens is 352 g/mol. The van der Waals surface area contributed by atoms with Crippen LogP contribution in [0.25, 0.3) is 0 Å². The van der Waals surface area contributed by atoms with Gasteiger partial charge >= 0.3 is 11.4 Å². The number of phenols is 1.